The summed E-state index contributed by atoms with van der Waals surface area (Å²) in [7, 11) is 0. The summed E-state index contributed by atoms with van der Waals surface area (Å²) in [5.74, 6) is 1.59. The van der Waals surface area contributed by atoms with Gasteiger partial charge in [-0.25, -0.2) is 4.98 Å². The molecule has 0 bridgehead atoms. The minimum Gasteiger partial charge on any atom is -0.439 e. The van der Waals surface area contributed by atoms with Gasteiger partial charge in [-0.2, -0.15) is 4.98 Å². The topological polar surface area (TPSA) is 90.1 Å². The Morgan fingerprint density at radius 2 is 1.97 bits per heavy atom. The second kappa shape index (κ2) is 8.24. The quantitative estimate of drug-likeness (QED) is 0.446. The molecule has 8 heteroatoms. The van der Waals surface area contributed by atoms with Crippen molar-refractivity contribution in [1.29, 1.82) is 0 Å². The molecule has 0 saturated heterocycles. The van der Waals surface area contributed by atoms with Crippen molar-refractivity contribution in [1.82, 2.24) is 15.1 Å². The molecule has 2 aromatic carbocycles. The molecule has 4 aromatic rings. The van der Waals surface area contributed by atoms with Gasteiger partial charge in [0.1, 0.15) is 5.75 Å². The van der Waals surface area contributed by atoms with Crippen LogP contribution in [0.2, 0.25) is 0 Å². The molecule has 0 atom stereocenters. The Kier molecular flexibility index (Phi) is 5.35. The maximum Gasteiger partial charge on any atom is 0.257 e. The van der Waals surface area contributed by atoms with Crippen LogP contribution in [0.4, 0.5) is 5.69 Å². The molecule has 7 nitrogen and oxygen atoms in total. The number of carbonyl (C=O) groups is 1. The number of aromatic nitrogens is 3. The van der Waals surface area contributed by atoms with Crippen LogP contribution in [-0.2, 0) is 0 Å². The normalized spacial score (nSPS) is 10.6. The molecule has 4 rings (SSSR count). The molecule has 2 heterocycles. The molecule has 1 amide bonds. The second-order valence-electron chi connectivity index (χ2n) is 6.08. The summed E-state index contributed by atoms with van der Waals surface area (Å²) in [6, 6.07) is 18.0. The highest BCUT2D eigenvalue weighted by Gasteiger charge is 2.14. The maximum atomic E-state index is 12.7. The Morgan fingerprint density at radius 1 is 1.10 bits per heavy atom. The summed E-state index contributed by atoms with van der Waals surface area (Å²) >= 11 is 3.39. The van der Waals surface area contributed by atoms with E-state index < -0.39 is 0 Å². The van der Waals surface area contributed by atoms with Gasteiger partial charge in [-0.05, 0) is 36.4 Å². The minimum atomic E-state index is -0.306. The fourth-order valence-electron chi connectivity index (χ4n) is 2.62. The zero-order valence-corrected chi connectivity index (χ0v) is 16.9. The van der Waals surface area contributed by atoms with Crippen molar-refractivity contribution in [3.63, 3.8) is 0 Å². The van der Waals surface area contributed by atoms with Crippen molar-refractivity contribution < 1.29 is 14.1 Å². The largest absolute Gasteiger partial charge is 0.439 e. The monoisotopic (exact) mass is 450 g/mol. The van der Waals surface area contributed by atoms with Crippen LogP contribution in [0.15, 0.2) is 75.9 Å². The van der Waals surface area contributed by atoms with E-state index in [2.05, 4.69) is 36.4 Å². The molecule has 0 aliphatic heterocycles. The molecule has 2 aromatic heterocycles. The molecule has 29 heavy (non-hydrogen) atoms. The molecule has 0 radical (unpaired) electrons. The second-order valence-corrected chi connectivity index (χ2v) is 7.00. The molecular weight excluding hydrogens is 436 g/mol. The van der Waals surface area contributed by atoms with E-state index in [0.717, 1.165) is 4.47 Å². The number of pyridine rings is 1. The highest BCUT2D eigenvalue weighted by molar-refractivity contribution is 9.10. The van der Waals surface area contributed by atoms with E-state index in [9.17, 15) is 4.79 Å². The third-order valence-corrected chi connectivity index (χ3v) is 4.45. The van der Waals surface area contributed by atoms with Crippen molar-refractivity contribution in [2.75, 3.05) is 5.32 Å². The molecule has 0 spiro atoms. The summed E-state index contributed by atoms with van der Waals surface area (Å²) in [5, 5.41) is 6.78. The first kappa shape index (κ1) is 18.8. The smallest absolute Gasteiger partial charge is 0.257 e. The highest BCUT2D eigenvalue weighted by atomic mass is 79.9. The third-order valence-electron chi connectivity index (χ3n) is 3.96. The maximum absolute atomic E-state index is 12.7. The molecule has 0 aliphatic rings. The van der Waals surface area contributed by atoms with E-state index in [4.69, 9.17) is 9.26 Å². The number of para-hydroxylation sites is 1. The first-order chi connectivity index (χ1) is 14.1. The van der Waals surface area contributed by atoms with E-state index in [1.54, 1.807) is 25.1 Å². The summed E-state index contributed by atoms with van der Waals surface area (Å²) in [6.07, 6.45) is 1.46. The molecule has 0 fully saturated rings. The minimum absolute atomic E-state index is 0.306. The lowest BCUT2D eigenvalue weighted by Crippen LogP contribution is -2.13. The van der Waals surface area contributed by atoms with Gasteiger partial charge in [0.25, 0.3) is 5.91 Å². The number of hydrogen-bond acceptors (Lipinski definition) is 6. The van der Waals surface area contributed by atoms with Crippen LogP contribution in [-0.4, -0.2) is 21.0 Å². The Hall–Kier alpha value is -3.52. The Bertz CT molecular complexity index is 1160. The standard InChI is InChI=1S/C21H15BrN4O3/c1-13-24-20(26-29-13)17-7-2-3-8-18(17)25-21(27)14-9-10-19(23-12-14)28-16-6-4-5-15(22)11-16/h2-12H,1H3,(H,25,27). The van der Waals surface area contributed by atoms with Crippen LogP contribution >= 0.6 is 15.9 Å². The first-order valence-electron chi connectivity index (χ1n) is 8.69. The number of carbonyl (C=O) groups excluding carboxylic acids is 1. The zero-order chi connectivity index (χ0) is 20.2. The van der Waals surface area contributed by atoms with Crippen LogP contribution in [0.1, 0.15) is 16.2 Å². The number of amides is 1. The van der Waals surface area contributed by atoms with E-state index in [0.29, 0.717) is 40.2 Å². The van der Waals surface area contributed by atoms with Crippen LogP contribution in [0.25, 0.3) is 11.4 Å². The molecular formula is C21H15BrN4O3. The van der Waals surface area contributed by atoms with E-state index in [-0.39, 0.29) is 5.91 Å². The average Bonchev–Trinajstić information content (AvgIpc) is 3.15. The van der Waals surface area contributed by atoms with Crippen LogP contribution in [0.3, 0.4) is 0 Å². The fourth-order valence-corrected chi connectivity index (χ4v) is 2.99. The van der Waals surface area contributed by atoms with Gasteiger partial charge in [-0.1, -0.05) is 39.3 Å². The van der Waals surface area contributed by atoms with Gasteiger partial charge in [-0.3, -0.25) is 4.79 Å². The predicted molar refractivity (Wildman–Crippen MR) is 111 cm³/mol. The van der Waals surface area contributed by atoms with Crippen molar-refractivity contribution in [2.24, 2.45) is 0 Å². The number of rotatable bonds is 5. The Balaban J connectivity index is 1.50. The Labute approximate surface area is 174 Å². The lowest BCUT2D eigenvalue weighted by Gasteiger charge is -2.09. The van der Waals surface area contributed by atoms with Gasteiger partial charge < -0.3 is 14.6 Å². The number of benzene rings is 2. The van der Waals surface area contributed by atoms with E-state index >= 15 is 0 Å². The van der Waals surface area contributed by atoms with E-state index in [1.807, 2.05) is 42.5 Å². The lowest BCUT2D eigenvalue weighted by molar-refractivity contribution is 0.102. The van der Waals surface area contributed by atoms with Crippen molar-refractivity contribution in [2.45, 2.75) is 6.92 Å². The summed E-state index contributed by atoms with van der Waals surface area (Å²) in [4.78, 5) is 21.1. The number of anilines is 1. The van der Waals surface area contributed by atoms with Crippen molar-refractivity contribution in [3.05, 3.63) is 82.8 Å². The summed E-state index contributed by atoms with van der Waals surface area (Å²) in [6.45, 7) is 1.71. The van der Waals surface area contributed by atoms with Gasteiger partial charge >= 0.3 is 0 Å². The summed E-state index contributed by atoms with van der Waals surface area (Å²) < 4.78 is 11.6. The van der Waals surface area contributed by atoms with Gasteiger partial charge in [0.15, 0.2) is 0 Å². The van der Waals surface area contributed by atoms with Gasteiger partial charge in [0.05, 0.1) is 11.3 Å². The molecule has 0 unspecified atom stereocenters. The predicted octanol–water partition coefficient (Wildman–Crippen LogP) is 5.25. The zero-order valence-electron chi connectivity index (χ0n) is 15.3. The SMILES string of the molecule is Cc1nc(-c2ccccc2NC(=O)c2ccc(Oc3cccc(Br)c3)nc2)no1. The van der Waals surface area contributed by atoms with Gasteiger partial charge in [-0.15, -0.1) is 0 Å². The van der Waals surface area contributed by atoms with Crippen LogP contribution < -0.4 is 10.1 Å². The lowest BCUT2D eigenvalue weighted by atomic mass is 10.1. The number of halogens is 1. The average molecular weight is 451 g/mol. The first-order valence-corrected chi connectivity index (χ1v) is 9.48. The Morgan fingerprint density at radius 3 is 2.69 bits per heavy atom. The number of aryl methyl sites for hydroxylation is 1. The molecule has 1 N–H and O–H groups in total. The van der Waals surface area contributed by atoms with Crippen LogP contribution in [0, 0.1) is 6.92 Å². The molecule has 144 valence electrons. The highest BCUT2D eigenvalue weighted by Crippen LogP contribution is 2.26. The number of hydrogen-bond donors (Lipinski definition) is 1. The van der Waals surface area contributed by atoms with Crippen LogP contribution in [0.5, 0.6) is 11.6 Å². The number of ether oxygens (including phenoxy) is 1. The van der Waals surface area contributed by atoms with Gasteiger partial charge in [0, 0.05) is 29.2 Å². The number of nitrogens with one attached hydrogen (secondary N) is 1. The van der Waals surface area contributed by atoms with Gasteiger partial charge in [0.2, 0.25) is 17.6 Å². The summed E-state index contributed by atoms with van der Waals surface area (Å²) in [5.41, 5.74) is 1.64. The number of nitrogens with zero attached hydrogens (tertiary/aromatic N) is 3. The van der Waals surface area contributed by atoms with Crippen molar-refractivity contribution >= 4 is 27.5 Å². The molecule has 0 saturated carbocycles. The van der Waals surface area contributed by atoms with E-state index in [1.165, 1.54) is 6.20 Å². The molecule has 0 aliphatic carbocycles. The fraction of sp³-hybridized carbons (Fsp3) is 0.0476. The third kappa shape index (κ3) is 4.49. The van der Waals surface area contributed by atoms with Crippen molar-refractivity contribution in [3.8, 4) is 23.0 Å².